The first-order valence-corrected chi connectivity index (χ1v) is 6.42. The number of ether oxygens (including phenoxy) is 3. The Bertz CT molecular complexity index is 229. The molecular weight excluding hydrogens is 226 g/mol. The van der Waals surface area contributed by atoms with Crippen LogP contribution in [0.1, 0.15) is 13.3 Å². The lowest BCUT2D eigenvalue weighted by atomic mass is 10.0. The molecule has 2 aliphatic heterocycles. The molecule has 4 atom stereocenters. The second-order valence-electron chi connectivity index (χ2n) is 4.45. The van der Waals surface area contributed by atoms with Gasteiger partial charge in [0, 0.05) is 38.1 Å². The van der Waals surface area contributed by atoms with Gasteiger partial charge in [-0.3, -0.25) is 4.90 Å². The first-order valence-electron chi connectivity index (χ1n) is 5.90. The van der Waals surface area contributed by atoms with Gasteiger partial charge in [0.05, 0.1) is 12.7 Å². The maximum absolute atomic E-state index is 5.60. The van der Waals surface area contributed by atoms with Gasteiger partial charge in [-0.05, 0) is 13.3 Å². The second kappa shape index (κ2) is 5.69. The molecular formula is C11H21NO3S. The van der Waals surface area contributed by atoms with Gasteiger partial charge in [-0.1, -0.05) is 0 Å². The third-order valence-corrected chi connectivity index (χ3v) is 4.23. The van der Waals surface area contributed by atoms with E-state index in [1.807, 2.05) is 0 Å². The summed E-state index contributed by atoms with van der Waals surface area (Å²) in [6.07, 6.45) is 1.19. The predicted molar refractivity (Wildman–Crippen MR) is 64.9 cm³/mol. The smallest absolute Gasteiger partial charge is 0.169 e. The van der Waals surface area contributed by atoms with Crippen LogP contribution in [0.3, 0.4) is 0 Å². The van der Waals surface area contributed by atoms with Crippen LogP contribution in [0.5, 0.6) is 0 Å². The lowest BCUT2D eigenvalue weighted by Gasteiger charge is -2.43. The molecule has 0 radical (unpaired) electrons. The molecule has 2 heterocycles. The average molecular weight is 247 g/mol. The molecule has 0 aromatic carbocycles. The highest BCUT2D eigenvalue weighted by Crippen LogP contribution is 2.25. The number of morpholine rings is 1. The van der Waals surface area contributed by atoms with Gasteiger partial charge >= 0.3 is 0 Å². The van der Waals surface area contributed by atoms with Gasteiger partial charge in [0.1, 0.15) is 0 Å². The van der Waals surface area contributed by atoms with Crippen molar-refractivity contribution in [1.29, 1.82) is 0 Å². The Morgan fingerprint density at radius 1 is 1.31 bits per heavy atom. The number of nitrogens with zero attached hydrogens (tertiary/aromatic N) is 1. The average Bonchev–Trinajstić information content (AvgIpc) is 2.33. The molecule has 2 aliphatic rings. The van der Waals surface area contributed by atoms with Crippen LogP contribution in [0.4, 0.5) is 0 Å². The topological polar surface area (TPSA) is 30.9 Å². The van der Waals surface area contributed by atoms with Crippen molar-refractivity contribution < 1.29 is 14.2 Å². The van der Waals surface area contributed by atoms with E-state index >= 15 is 0 Å². The van der Waals surface area contributed by atoms with Crippen LogP contribution in [0.2, 0.25) is 0 Å². The molecule has 16 heavy (non-hydrogen) atoms. The number of hydrogen-bond donors (Lipinski definition) is 1. The van der Waals surface area contributed by atoms with Crippen LogP contribution in [-0.4, -0.2) is 62.0 Å². The molecule has 4 unspecified atom stereocenters. The first-order chi connectivity index (χ1) is 7.72. The van der Waals surface area contributed by atoms with Crippen LogP contribution in [-0.2, 0) is 14.2 Å². The maximum atomic E-state index is 5.60. The van der Waals surface area contributed by atoms with E-state index in [1.165, 1.54) is 0 Å². The molecule has 4 nitrogen and oxygen atoms in total. The zero-order chi connectivity index (χ0) is 11.5. The normalized spacial score (nSPS) is 42.2. The summed E-state index contributed by atoms with van der Waals surface area (Å²) in [5.74, 6) is 0. The molecule has 0 aromatic heterocycles. The third kappa shape index (κ3) is 2.71. The van der Waals surface area contributed by atoms with E-state index in [2.05, 4.69) is 24.5 Å². The van der Waals surface area contributed by atoms with Gasteiger partial charge in [0.25, 0.3) is 0 Å². The minimum absolute atomic E-state index is 0.0903. The lowest BCUT2D eigenvalue weighted by molar-refractivity contribution is -0.175. The summed E-state index contributed by atoms with van der Waals surface area (Å²) < 4.78 is 16.3. The van der Waals surface area contributed by atoms with Gasteiger partial charge < -0.3 is 14.2 Å². The highest BCUT2D eigenvalue weighted by Gasteiger charge is 2.35. The summed E-state index contributed by atoms with van der Waals surface area (Å²) in [5, 5.41) is 0.282. The van der Waals surface area contributed by atoms with Gasteiger partial charge in [0.15, 0.2) is 6.29 Å². The molecule has 0 saturated carbocycles. The molecule has 0 aromatic rings. The van der Waals surface area contributed by atoms with Gasteiger partial charge in [-0.2, -0.15) is 12.6 Å². The van der Waals surface area contributed by atoms with E-state index in [0.29, 0.717) is 6.04 Å². The van der Waals surface area contributed by atoms with Crippen molar-refractivity contribution >= 4 is 12.6 Å². The molecule has 2 rings (SSSR count). The Labute approximate surface area is 103 Å². The summed E-state index contributed by atoms with van der Waals surface area (Å²) >= 11 is 4.67. The number of methoxy groups -OCH3 is 1. The number of hydrogen-bond acceptors (Lipinski definition) is 5. The van der Waals surface area contributed by atoms with E-state index in [1.54, 1.807) is 7.11 Å². The SMILES string of the molecule is COC1CN(C2CCOC(C)C2S)CCO1. The molecule has 0 bridgehead atoms. The number of rotatable bonds is 2. The molecule has 2 fully saturated rings. The van der Waals surface area contributed by atoms with Crippen molar-refractivity contribution in [1.82, 2.24) is 4.90 Å². The van der Waals surface area contributed by atoms with Crippen LogP contribution in [0.25, 0.3) is 0 Å². The highest BCUT2D eigenvalue weighted by atomic mass is 32.1. The maximum Gasteiger partial charge on any atom is 0.169 e. The van der Waals surface area contributed by atoms with Gasteiger partial charge in [-0.25, -0.2) is 0 Å². The summed E-state index contributed by atoms with van der Waals surface area (Å²) in [5.41, 5.74) is 0. The summed E-state index contributed by atoms with van der Waals surface area (Å²) in [4.78, 5) is 2.42. The molecule has 5 heteroatoms. The minimum Gasteiger partial charge on any atom is -0.377 e. The quantitative estimate of drug-likeness (QED) is 0.730. The van der Waals surface area contributed by atoms with Crippen molar-refractivity contribution in [2.24, 2.45) is 0 Å². The van der Waals surface area contributed by atoms with Crippen molar-refractivity contribution in [3.8, 4) is 0 Å². The Balaban J connectivity index is 1.94. The van der Waals surface area contributed by atoms with E-state index in [9.17, 15) is 0 Å². The minimum atomic E-state index is -0.0903. The van der Waals surface area contributed by atoms with Gasteiger partial charge in [0.2, 0.25) is 0 Å². The van der Waals surface area contributed by atoms with Crippen molar-refractivity contribution in [2.75, 3.05) is 33.4 Å². The lowest BCUT2D eigenvalue weighted by Crippen LogP contribution is -2.55. The van der Waals surface area contributed by atoms with Crippen molar-refractivity contribution in [3.05, 3.63) is 0 Å². The van der Waals surface area contributed by atoms with E-state index in [4.69, 9.17) is 14.2 Å². The fraction of sp³-hybridized carbons (Fsp3) is 1.00. The fourth-order valence-electron chi connectivity index (χ4n) is 2.44. The summed E-state index contributed by atoms with van der Waals surface area (Å²) in [6, 6.07) is 0.480. The Kier molecular flexibility index (Phi) is 4.49. The van der Waals surface area contributed by atoms with Crippen LogP contribution in [0, 0.1) is 0 Å². The highest BCUT2D eigenvalue weighted by molar-refractivity contribution is 7.81. The van der Waals surface area contributed by atoms with Crippen LogP contribution in [0.15, 0.2) is 0 Å². The molecule has 94 valence electrons. The Morgan fingerprint density at radius 2 is 2.12 bits per heavy atom. The zero-order valence-electron chi connectivity index (χ0n) is 9.96. The van der Waals surface area contributed by atoms with E-state index in [0.717, 1.165) is 32.7 Å². The van der Waals surface area contributed by atoms with Crippen LogP contribution < -0.4 is 0 Å². The van der Waals surface area contributed by atoms with Gasteiger partial charge in [-0.15, -0.1) is 0 Å². The predicted octanol–water partition coefficient (Wildman–Crippen LogP) is 0.767. The third-order valence-electron chi connectivity index (χ3n) is 3.47. The summed E-state index contributed by atoms with van der Waals surface area (Å²) in [7, 11) is 1.69. The van der Waals surface area contributed by atoms with Crippen molar-refractivity contribution in [2.45, 2.75) is 37.0 Å². The molecule has 0 N–H and O–H groups in total. The van der Waals surface area contributed by atoms with Crippen LogP contribution >= 0.6 is 12.6 Å². The summed E-state index contributed by atoms with van der Waals surface area (Å²) in [6.45, 7) is 5.47. The first kappa shape index (κ1) is 12.6. The Hall–Kier alpha value is 0.190. The van der Waals surface area contributed by atoms with Crippen molar-refractivity contribution in [3.63, 3.8) is 0 Å². The monoisotopic (exact) mass is 247 g/mol. The molecule has 0 spiro atoms. The fourth-order valence-corrected chi connectivity index (χ4v) is 2.86. The largest absolute Gasteiger partial charge is 0.377 e. The van der Waals surface area contributed by atoms with E-state index in [-0.39, 0.29) is 17.6 Å². The molecule has 2 saturated heterocycles. The second-order valence-corrected chi connectivity index (χ2v) is 5.05. The standard InChI is InChI=1S/C11H21NO3S/c1-8-11(16)9(3-5-14-8)12-4-6-15-10(7-12)13-2/h8-11,16H,3-7H2,1-2H3. The van der Waals surface area contributed by atoms with E-state index < -0.39 is 0 Å². The Morgan fingerprint density at radius 3 is 2.88 bits per heavy atom. The molecule has 0 amide bonds. The molecule has 0 aliphatic carbocycles. The zero-order valence-corrected chi connectivity index (χ0v) is 10.9. The number of thiol groups is 1.